The largest absolute Gasteiger partial charge is 0.352 e. The van der Waals surface area contributed by atoms with E-state index in [0.29, 0.717) is 36.7 Å². The summed E-state index contributed by atoms with van der Waals surface area (Å²) in [5.74, 6) is 0.388. The quantitative estimate of drug-likeness (QED) is 0.697. The van der Waals surface area contributed by atoms with Gasteiger partial charge in [0.25, 0.3) is 5.91 Å². The minimum Gasteiger partial charge on any atom is -0.352 e. The summed E-state index contributed by atoms with van der Waals surface area (Å²) in [6, 6.07) is 4.88. The molecule has 0 aromatic heterocycles. The normalized spacial score (nSPS) is 17.2. The van der Waals surface area contributed by atoms with Crippen molar-refractivity contribution in [1.29, 1.82) is 0 Å². The zero-order chi connectivity index (χ0) is 18.4. The maximum Gasteiger partial charge on any atom is 0.251 e. The number of nitrogens with zero attached hydrogens (tertiary/aromatic N) is 1. The van der Waals surface area contributed by atoms with Crippen molar-refractivity contribution in [2.75, 3.05) is 32.7 Å². The number of aryl methyl sites for hydroxylation is 1. The Bertz CT molecular complexity index is 700. The minimum atomic E-state index is -3.58. The van der Waals surface area contributed by atoms with Crippen LogP contribution in [0.3, 0.4) is 0 Å². The van der Waals surface area contributed by atoms with E-state index < -0.39 is 10.0 Å². The molecular formula is C18H30ClN3O3S. The molecule has 26 heavy (non-hydrogen) atoms. The summed E-state index contributed by atoms with van der Waals surface area (Å²) in [5.41, 5.74) is 1.04. The lowest BCUT2D eigenvalue weighted by Gasteiger charge is -2.20. The molecule has 1 unspecified atom stereocenters. The lowest BCUT2D eigenvalue weighted by atomic mass is 10.1. The first-order chi connectivity index (χ1) is 11.9. The molecule has 2 rings (SSSR count). The highest BCUT2D eigenvalue weighted by molar-refractivity contribution is 7.89. The molecule has 1 saturated heterocycles. The van der Waals surface area contributed by atoms with Crippen LogP contribution in [-0.4, -0.2) is 51.4 Å². The molecule has 1 aromatic rings. The number of benzene rings is 1. The Morgan fingerprint density at radius 3 is 2.58 bits per heavy atom. The molecule has 0 bridgehead atoms. The van der Waals surface area contributed by atoms with Crippen LogP contribution in [-0.2, 0) is 10.0 Å². The van der Waals surface area contributed by atoms with E-state index in [1.807, 2.05) is 13.8 Å². The van der Waals surface area contributed by atoms with Gasteiger partial charge in [0.2, 0.25) is 10.0 Å². The lowest BCUT2D eigenvalue weighted by molar-refractivity contribution is 0.0951. The number of hydrogen-bond donors (Lipinski definition) is 2. The van der Waals surface area contributed by atoms with E-state index in [0.717, 1.165) is 25.9 Å². The smallest absolute Gasteiger partial charge is 0.251 e. The van der Waals surface area contributed by atoms with Crippen LogP contribution >= 0.6 is 12.4 Å². The molecule has 2 N–H and O–H groups in total. The molecule has 0 spiro atoms. The molecule has 1 atom stereocenters. The third kappa shape index (κ3) is 5.42. The summed E-state index contributed by atoms with van der Waals surface area (Å²) < 4.78 is 26.9. The van der Waals surface area contributed by atoms with Gasteiger partial charge in [0.15, 0.2) is 0 Å². The standard InChI is InChI=1S/C18H29N3O3S.ClH/c1-4-21(5-2)25(23,24)17-12-16(7-6-14(17)3)18(22)20-11-9-15-8-10-19-13-15;/h6-7,12,15,19H,4-5,8-11,13H2,1-3H3,(H,20,22);1H. The van der Waals surface area contributed by atoms with Gasteiger partial charge in [-0.25, -0.2) is 8.42 Å². The molecule has 1 heterocycles. The summed E-state index contributed by atoms with van der Waals surface area (Å²) >= 11 is 0. The number of rotatable bonds is 8. The molecule has 8 heteroatoms. The Labute approximate surface area is 163 Å². The van der Waals surface area contributed by atoms with Gasteiger partial charge in [0.1, 0.15) is 0 Å². The fourth-order valence-corrected chi connectivity index (χ4v) is 4.88. The fourth-order valence-electron chi connectivity index (χ4n) is 3.17. The Morgan fingerprint density at radius 1 is 1.31 bits per heavy atom. The van der Waals surface area contributed by atoms with Gasteiger partial charge in [0, 0.05) is 25.2 Å². The lowest BCUT2D eigenvalue weighted by Crippen LogP contribution is -2.31. The van der Waals surface area contributed by atoms with Gasteiger partial charge in [-0.05, 0) is 56.5 Å². The molecule has 1 fully saturated rings. The second-order valence-corrected chi connectivity index (χ2v) is 8.38. The summed E-state index contributed by atoms with van der Waals surface area (Å²) in [5, 5.41) is 6.22. The van der Waals surface area contributed by atoms with Crippen LogP contribution in [0.4, 0.5) is 0 Å². The predicted molar refractivity (Wildman–Crippen MR) is 106 cm³/mol. The number of carbonyl (C=O) groups excluding carboxylic acids is 1. The summed E-state index contributed by atoms with van der Waals surface area (Å²) in [6.45, 7) is 8.85. The van der Waals surface area contributed by atoms with Gasteiger partial charge >= 0.3 is 0 Å². The Kier molecular flexibility index (Phi) is 9.03. The molecule has 1 aliphatic heterocycles. The number of hydrogen-bond acceptors (Lipinski definition) is 4. The van der Waals surface area contributed by atoms with E-state index in [2.05, 4.69) is 10.6 Å². The first-order valence-corrected chi connectivity index (χ1v) is 10.4. The van der Waals surface area contributed by atoms with Crippen molar-refractivity contribution in [2.45, 2.75) is 38.5 Å². The van der Waals surface area contributed by atoms with Crippen LogP contribution in [0.15, 0.2) is 23.1 Å². The zero-order valence-electron chi connectivity index (χ0n) is 15.7. The Morgan fingerprint density at radius 2 is 2.00 bits per heavy atom. The maximum absolute atomic E-state index is 12.8. The van der Waals surface area contributed by atoms with Gasteiger partial charge in [-0.1, -0.05) is 19.9 Å². The topological polar surface area (TPSA) is 78.5 Å². The van der Waals surface area contributed by atoms with Crippen LogP contribution in [0, 0.1) is 12.8 Å². The molecule has 0 radical (unpaired) electrons. The minimum absolute atomic E-state index is 0. The first kappa shape index (κ1) is 22.9. The van der Waals surface area contributed by atoms with Crippen LogP contribution in [0.25, 0.3) is 0 Å². The molecule has 1 amide bonds. The Hall–Kier alpha value is -1.15. The van der Waals surface area contributed by atoms with Crippen molar-refractivity contribution in [3.63, 3.8) is 0 Å². The fraction of sp³-hybridized carbons (Fsp3) is 0.611. The first-order valence-electron chi connectivity index (χ1n) is 8.99. The SMILES string of the molecule is CCN(CC)S(=O)(=O)c1cc(C(=O)NCCC2CCNC2)ccc1C.Cl. The predicted octanol–water partition coefficient (Wildman–Crippen LogP) is 2.18. The molecule has 1 aliphatic rings. The Balaban J connectivity index is 0.00000338. The molecular weight excluding hydrogens is 374 g/mol. The van der Waals surface area contributed by atoms with E-state index in [4.69, 9.17) is 0 Å². The molecule has 0 saturated carbocycles. The van der Waals surface area contributed by atoms with Crippen molar-refractivity contribution in [3.05, 3.63) is 29.3 Å². The van der Waals surface area contributed by atoms with E-state index in [-0.39, 0.29) is 23.2 Å². The van der Waals surface area contributed by atoms with Gasteiger partial charge in [0.05, 0.1) is 4.90 Å². The van der Waals surface area contributed by atoms with Gasteiger partial charge in [-0.3, -0.25) is 4.79 Å². The van der Waals surface area contributed by atoms with Crippen molar-refractivity contribution in [1.82, 2.24) is 14.9 Å². The molecule has 148 valence electrons. The highest BCUT2D eigenvalue weighted by atomic mass is 35.5. The van der Waals surface area contributed by atoms with Crippen LogP contribution < -0.4 is 10.6 Å². The van der Waals surface area contributed by atoms with E-state index >= 15 is 0 Å². The number of sulfonamides is 1. The number of halogens is 1. The van der Waals surface area contributed by atoms with Crippen LogP contribution in [0.2, 0.25) is 0 Å². The van der Waals surface area contributed by atoms with E-state index in [1.54, 1.807) is 19.1 Å². The van der Waals surface area contributed by atoms with E-state index in [1.165, 1.54) is 10.4 Å². The van der Waals surface area contributed by atoms with Crippen LogP contribution in [0.5, 0.6) is 0 Å². The zero-order valence-corrected chi connectivity index (χ0v) is 17.4. The second kappa shape index (κ2) is 10.3. The third-order valence-electron chi connectivity index (χ3n) is 4.77. The summed E-state index contributed by atoms with van der Waals surface area (Å²) in [4.78, 5) is 12.6. The number of amides is 1. The third-order valence-corrected chi connectivity index (χ3v) is 6.97. The molecule has 0 aliphatic carbocycles. The van der Waals surface area contributed by atoms with Gasteiger partial charge in [-0.15, -0.1) is 12.4 Å². The van der Waals surface area contributed by atoms with Crippen molar-refractivity contribution >= 4 is 28.3 Å². The number of carbonyl (C=O) groups is 1. The molecule has 1 aromatic carbocycles. The highest BCUT2D eigenvalue weighted by Crippen LogP contribution is 2.21. The average Bonchev–Trinajstić information content (AvgIpc) is 3.09. The van der Waals surface area contributed by atoms with Gasteiger partial charge < -0.3 is 10.6 Å². The monoisotopic (exact) mass is 403 g/mol. The van der Waals surface area contributed by atoms with Gasteiger partial charge in [-0.2, -0.15) is 4.31 Å². The maximum atomic E-state index is 12.8. The summed E-state index contributed by atoms with van der Waals surface area (Å²) in [7, 11) is -3.58. The van der Waals surface area contributed by atoms with Crippen molar-refractivity contribution in [3.8, 4) is 0 Å². The number of nitrogens with one attached hydrogen (secondary N) is 2. The summed E-state index contributed by atoms with van der Waals surface area (Å²) in [6.07, 6.45) is 2.09. The average molecular weight is 404 g/mol. The van der Waals surface area contributed by atoms with Crippen LogP contribution in [0.1, 0.15) is 42.6 Å². The van der Waals surface area contributed by atoms with Crippen molar-refractivity contribution < 1.29 is 13.2 Å². The van der Waals surface area contributed by atoms with E-state index in [9.17, 15) is 13.2 Å². The highest BCUT2D eigenvalue weighted by Gasteiger charge is 2.24. The molecule has 6 nitrogen and oxygen atoms in total. The second-order valence-electron chi connectivity index (χ2n) is 6.47. The van der Waals surface area contributed by atoms with Crippen molar-refractivity contribution in [2.24, 2.45) is 5.92 Å².